The number of nitrogens with zero attached hydrogens (tertiary/aromatic N) is 2. The van der Waals surface area contributed by atoms with Gasteiger partial charge >= 0.3 is 5.95 Å². The second-order valence-corrected chi connectivity index (χ2v) is 6.84. The lowest BCUT2D eigenvalue weighted by Crippen LogP contribution is -2.37. The predicted molar refractivity (Wildman–Crippen MR) is 111 cm³/mol. The summed E-state index contributed by atoms with van der Waals surface area (Å²) < 4.78 is 15.8. The molecule has 0 aliphatic rings. The van der Waals surface area contributed by atoms with E-state index in [2.05, 4.69) is 22.8 Å². The average Bonchev–Trinajstić information content (AvgIpc) is 2.68. The Hall–Kier alpha value is -3.47. The lowest BCUT2D eigenvalue weighted by atomic mass is 10.2. The summed E-state index contributed by atoms with van der Waals surface area (Å²) in [6.45, 7) is 2.57. The molecule has 0 unspecified atom stereocenters. The number of rotatable bonds is 5. The summed E-state index contributed by atoms with van der Waals surface area (Å²) in [6.07, 6.45) is 0. The molecule has 0 aliphatic heterocycles. The van der Waals surface area contributed by atoms with E-state index in [1.165, 1.54) is 17.7 Å². The van der Waals surface area contributed by atoms with Gasteiger partial charge in [0.2, 0.25) is 5.82 Å². The van der Waals surface area contributed by atoms with Gasteiger partial charge in [-0.05, 0) is 42.3 Å². The van der Waals surface area contributed by atoms with E-state index < -0.39 is 0 Å². The van der Waals surface area contributed by atoms with Crippen molar-refractivity contribution in [3.05, 3.63) is 89.7 Å². The van der Waals surface area contributed by atoms with Crippen LogP contribution < -0.4 is 15.2 Å². The van der Waals surface area contributed by atoms with Gasteiger partial charge in [0.15, 0.2) is 0 Å². The zero-order chi connectivity index (χ0) is 19.5. The van der Waals surface area contributed by atoms with E-state index in [-0.39, 0.29) is 5.82 Å². The fraction of sp³-hybridized carbons (Fsp3) is 0.130. The van der Waals surface area contributed by atoms with E-state index in [0.717, 1.165) is 22.3 Å². The Morgan fingerprint density at radius 2 is 1.71 bits per heavy atom. The number of halogens is 1. The number of para-hydroxylation sites is 1. The van der Waals surface area contributed by atoms with Crippen LogP contribution in [0.5, 0.6) is 0 Å². The molecule has 4 aromatic rings. The molecule has 0 amide bonds. The molecular formula is C23H22FN4+. The lowest BCUT2D eigenvalue weighted by Gasteiger charge is -2.13. The first-order valence-electron chi connectivity index (χ1n) is 9.21. The van der Waals surface area contributed by atoms with Crippen molar-refractivity contribution in [3.63, 3.8) is 0 Å². The highest BCUT2D eigenvalue weighted by molar-refractivity contribution is 5.88. The Morgan fingerprint density at radius 3 is 2.50 bits per heavy atom. The van der Waals surface area contributed by atoms with Crippen molar-refractivity contribution in [3.8, 4) is 0 Å². The molecule has 4 rings (SSSR count). The van der Waals surface area contributed by atoms with Crippen molar-refractivity contribution < 1.29 is 8.96 Å². The number of aromatic nitrogens is 2. The van der Waals surface area contributed by atoms with Crippen molar-refractivity contribution in [1.82, 2.24) is 4.98 Å². The summed E-state index contributed by atoms with van der Waals surface area (Å²) in [5.41, 5.74) is 3.59. The first-order chi connectivity index (χ1) is 13.6. The maximum Gasteiger partial charge on any atom is 0.352 e. The number of nitrogens with one attached hydrogen (secondary N) is 2. The monoisotopic (exact) mass is 373 g/mol. The molecule has 1 heterocycles. The number of anilines is 3. The molecule has 4 nitrogen and oxygen atoms in total. The molecule has 0 spiro atoms. The summed E-state index contributed by atoms with van der Waals surface area (Å²) >= 11 is 0. The zero-order valence-electron chi connectivity index (χ0n) is 15.9. The number of benzene rings is 3. The molecule has 0 saturated heterocycles. The molecule has 2 N–H and O–H groups in total. The maximum absolute atomic E-state index is 13.8. The van der Waals surface area contributed by atoms with Crippen molar-refractivity contribution in [1.29, 1.82) is 0 Å². The first-order valence-corrected chi connectivity index (χ1v) is 9.21. The van der Waals surface area contributed by atoms with Gasteiger partial charge in [-0.15, -0.1) is 4.98 Å². The van der Waals surface area contributed by atoms with Gasteiger partial charge in [0.25, 0.3) is 0 Å². The van der Waals surface area contributed by atoms with E-state index in [1.54, 1.807) is 0 Å². The second kappa shape index (κ2) is 7.64. The summed E-state index contributed by atoms with van der Waals surface area (Å²) in [5.74, 6) is 1.32. The Balaban J connectivity index is 1.74. The van der Waals surface area contributed by atoms with Gasteiger partial charge in [-0.1, -0.05) is 42.5 Å². The zero-order valence-corrected chi connectivity index (χ0v) is 15.9. The molecule has 0 radical (unpaired) electrons. The van der Waals surface area contributed by atoms with Crippen LogP contribution in [0, 0.1) is 12.7 Å². The van der Waals surface area contributed by atoms with Gasteiger partial charge in [0, 0.05) is 6.07 Å². The van der Waals surface area contributed by atoms with Crippen LogP contribution in [0.15, 0.2) is 72.8 Å². The molecular weight excluding hydrogens is 351 g/mol. The van der Waals surface area contributed by atoms with Crippen LogP contribution in [0.3, 0.4) is 0 Å². The van der Waals surface area contributed by atoms with Crippen molar-refractivity contribution in [2.24, 2.45) is 7.05 Å². The van der Waals surface area contributed by atoms with Crippen molar-refractivity contribution >= 4 is 28.4 Å². The fourth-order valence-electron chi connectivity index (χ4n) is 3.29. The van der Waals surface area contributed by atoms with Crippen LogP contribution in [-0.2, 0) is 13.6 Å². The van der Waals surface area contributed by atoms with E-state index in [4.69, 9.17) is 4.98 Å². The molecule has 0 atom stereocenters. The minimum Gasteiger partial charge on any atom is -0.317 e. The van der Waals surface area contributed by atoms with Crippen LogP contribution in [-0.4, -0.2) is 4.98 Å². The summed E-state index contributed by atoms with van der Waals surface area (Å²) in [7, 11) is 1.95. The van der Waals surface area contributed by atoms with Crippen LogP contribution >= 0.6 is 0 Å². The molecule has 1 aromatic heterocycles. The molecule has 0 aliphatic carbocycles. The Kier molecular flexibility index (Phi) is 4.89. The van der Waals surface area contributed by atoms with Gasteiger partial charge in [-0.2, -0.15) is 0 Å². The van der Waals surface area contributed by atoms with Crippen LogP contribution in [0.1, 0.15) is 11.1 Å². The van der Waals surface area contributed by atoms with Crippen LogP contribution in [0.4, 0.5) is 21.8 Å². The third-order valence-electron chi connectivity index (χ3n) is 4.64. The van der Waals surface area contributed by atoms with Gasteiger partial charge in [-0.25, -0.2) is 8.96 Å². The normalized spacial score (nSPS) is 10.8. The van der Waals surface area contributed by atoms with Crippen molar-refractivity contribution in [2.45, 2.75) is 13.5 Å². The van der Waals surface area contributed by atoms with E-state index in [9.17, 15) is 4.39 Å². The topological polar surface area (TPSA) is 40.8 Å². The highest BCUT2D eigenvalue weighted by Crippen LogP contribution is 2.23. The molecule has 0 bridgehead atoms. The third-order valence-corrected chi connectivity index (χ3v) is 4.64. The summed E-state index contributed by atoms with van der Waals surface area (Å²) in [5, 5.41) is 7.82. The van der Waals surface area contributed by atoms with E-state index >= 15 is 0 Å². The number of aryl methyl sites for hydroxylation is 1. The number of hydrogen-bond acceptors (Lipinski definition) is 3. The SMILES string of the molecule is Cc1cc(F)cc(Nc2nc3ccccc3c(NCc3ccccc3)[n+]2C)c1. The number of fused-ring (bicyclic) bond motifs is 1. The molecule has 140 valence electrons. The number of hydrogen-bond donors (Lipinski definition) is 2. The Morgan fingerprint density at radius 1 is 0.964 bits per heavy atom. The highest BCUT2D eigenvalue weighted by Gasteiger charge is 2.18. The molecule has 5 heteroatoms. The lowest BCUT2D eigenvalue weighted by molar-refractivity contribution is -0.643. The second-order valence-electron chi connectivity index (χ2n) is 6.84. The largest absolute Gasteiger partial charge is 0.352 e. The van der Waals surface area contributed by atoms with Crippen LogP contribution in [0.2, 0.25) is 0 Å². The van der Waals surface area contributed by atoms with Gasteiger partial charge in [-0.3, -0.25) is 5.32 Å². The van der Waals surface area contributed by atoms with Crippen LogP contribution in [0.25, 0.3) is 10.9 Å². The van der Waals surface area contributed by atoms with Gasteiger partial charge < -0.3 is 5.32 Å². The Bertz CT molecular complexity index is 1110. The molecule has 28 heavy (non-hydrogen) atoms. The summed E-state index contributed by atoms with van der Waals surface area (Å²) in [6, 6.07) is 23.1. The molecule has 3 aromatic carbocycles. The summed E-state index contributed by atoms with van der Waals surface area (Å²) in [4.78, 5) is 4.73. The van der Waals surface area contributed by atoms with E-state index in [0.29, 0.717) is 18.2 Å². The standard InChI is InChI=1S/C23H21FN4/c1-16-12-18(24)14-19(13-16)26-23-27-21-11-7-6-10-20(21)22(28(23)2)25-15-17-8-4-3-5-9-17/h3-14H,15H2,1-2H3,(H,25,26,27)/p+1. The Labute approximate surface area is 163 Å². The predicted octanol–water partition coefficient (Wildman–Crippen LogP) is 4.86. The fourth-order valence-corrected chi connectivity index (χ4v) is 3.29. The third kappa shape index (κ3) is 3.78. The highest BCUT2D eigenvalue weighted by atomic mass is 19.1. The molecule has 0 fully saturated rings. The average molecular weight is 373 g/mol. The minimum atomic E-state index is -0.270. The smallest absolute Gasteiger partial charge is 0.317 e. The quantitative estimate of drug-likeness (QED) is 0.491. The van der Waals surface area contributed by atoms with Gasteiger partial charge in [0.05, 0.1) is 24.7 Å². The van der Waals surface area contributed by atoms with Gasteiger partial charge in [0.1, 0.15) is 11.3 Å². The molecule has 0 saturated carbocycles. The van der Waals surface area contributed by atoms with E-state index in [1.807, 2.05) is 67.1 Å². The maximum atomic E-state index is 13.8. The minimum absolute atomic E-state index is 0.270. The van der Waals surface area contributed by atoms with Crippen molar-refractivity contribution in [2.75, 3.05) is 10.6 Å². The first kappa shape index (κ1) is 17.9.